The van der Waals surface area contributed by atoms with Crippen LogP contribution in [0.2, 0.25) is 0 Å². The number of aromatic hydroxyl groups is 1. The first-order valence-electron chi connectivity index (χ1n) is 9.00. The average molecular weight is 396 g/mol. The Morgan fingerprint density at radius 1 is 1.25 bits per heavy atom. The standard InChI is InChI=1S/C20H20N4O3S/c25-17-4-1-3-14(9-17)20(27)23-12-15-6-7-22-24(15)16(13-23)10-19(26)21-11-18-5-2-8-28-18/h1-9,16,25H,10-13H2,(H,21,26). The van der Waals surface area contributed by atoms with E-state index in [1.807, 2.05) is 28.3 Å². The van der Waals surface area contributed by atoms with Gasteiger partial charge in [0, 0.05) is 23.2 Å². The lowest BCUT2D eigenvalue weighted by molar-refractivity contribution is -0.122. The van der Waals surface area contributed by atoms with Crippen molar-refractivity contribution in [2.75, 3.05) is 6.54 Å². The van der Waals surface area contributed by atoms with Crippen LogP contribution in [0.15, 0.2) is 54.0 Å². The summed E-state index contributed by atoms with van der Waals surface area (Å²) in [5.74, 6) is -0.198. The number of amides is 2. The highest BCUT2D eigenvalue weighted by atomic mass is 32.1. The highest BCUT2D eigenvalue weighted by Crippen LogP contribution is 2.25. The average Bonchev–Trinajstić information content (AvgIpc) is 3.37. The van der Waals surface area contributed by atoms with E-state index < -0.39 is 0 Å². The second-order valence-electron chi connectivity index (χ2n) is 6.72. The van der Waals surface area contributed by atoms with Gasteiger partial charge in [-0.25, -0.2) is 0 Å². The van der Waals surface area contributed by atoms with Crippen molar-refractivity contribution in [2.24, 2.45) is 0 Å². The van der Waals surface area contributed by atoms with Crippen molar-refractivity contribution in [2.45, 2.75) is 25.6 Å². The van der Waals surface area contributed by atoms with Crippen molar-refractivity contribution in [1.29, 1.82) is 0 Å². The zero-order valence-corrected chi connectivity index (χ0v) is 15.9. The molecule has 0 fully saturated rings. The van der Waals surface area contributed by atoms with E-state index in [1.54, 1.807) is 34.6 Å². The van der Waals surface area contributed by atoms with Crippen LogP contribution in [0.3, 0.4) is 0 Å². The Labute approximate surface area is 166 Å². The number of hydrogen-bond donors (Lipinski definition) is 2. The van der Waals surface area contributed by atoms with E-state index in [0.29, 0.717) is 25.2 Å². The Morgan fingerprint density at radius 3 is 2.93 bits per heavy atom. The zero-order chi connectivity index (χ0) is 19.5. The maximum atomic E-state index is 12.9. The molecule has 4 rings (SSSR count). The van der Waals surface area contributed by atoms with Crippen molar-refractivity contribution in [3.63, 3.8) is 0 Å². The predicted octanol–water partition coefficient (Wildman–Crippen LogP) is 2.55. The molecule has 0 saturated heterocycles. The molecule has 0 bridgehead atoms. The van der Waals surface area contributed by atoms with Crippen LogP contribution in [0.4, 0.5) is 0 Å². The highest BCUT2D eigenvalue weighted by Gasteiger charge is 2.30. The Balaban J connectivity index is 1.46. The van der Waals surface area contributed by atoms with E-state index in [0.717, 1.165) is 10.6 Å². The molecular weight excluding hydrogens is 376 g/mol. The number of phenolic OH excluding ortho intramolecular Hbond substituents is 1. The Morgan fingerprint density at radius 2 is 2.14 bits per heavy atom. The number of nitrogens with one attached hydrogen (secondary N) is 1. The summed E-state index contributed by atoms with van der Waals surface area (Å²) in [7, 11) is 0. The van der Waals surface area contributed by atoms with Crippen LogP contribution in [0.1, 0.15) is 33.4 Å². The van der Waals surface area contributed by atoms with Gasteiger partial charge in [0.05, 0.1) is 31.2 Å². The highest BCUT2D eigenvalue weighted by molar-refractivity contribution is 7.09. The molecule has 144 valence electrons. The quantitative estimate of drug-likeness (QED) is 0.694. The third-order valence-corrected chi connectivity index (χ3v) is 5.60. The lowest BCUT2D eigenvalue weighted by atomic mass is 10.1. The number of carbonyl (C=O) groups excluding carboxylic acids is 2. The number of phenols is 1. The number of hydrogen-bond acceptors (Lipinski definition) is 5. The molecule has 1 unspecified atom stereocenters. The molecule has 2 N–H and O–H groups in total. The molecule has 8 heteroatoms. The predicted molar refractivity (Wildman–Crippen MR) is 105 cm³/mol. The number of fused-ring (bicyclic) bond motifs is 1. The minimum absolute atomic E-state index is 0.0532. The van der Waals surface area contributed by atoms with Crippen LogP contribution < -0.4 is 5.32 Å². The monoisotopic (exact) mass is 396 g/mol. The molecule has 1 aliphatic heterocycles. The Hall–Kier alpha value is -3.13. The Kier molecular flexibility index (Phi) is 5.12. The molecule has 1 atom stereocenters. The van der Waals surface area contributed by atoms with Crippen LogP contribution in [0, 0.1) is 0 Å². The van der Waals surface area contributed by atoms with E-state index in [9.17, 15) is 14.7 Å². The molecule has 1 aliphatic rings. The first-order valence-corrected chi connectivity index (χ1v) is 9.88. The van der Waals surface area contributed by atoms with Crippen LogP contribution >= 0.6 is 11.3 Å². The van der Waals surface area contributed by atoms with Crippen molar-refractivity contribution in [1.82, 2.24) is 20.0 Å². The molecule has 7 nitrogen and oxygen atoms in total. The molecule has 0 saturated carbocycles. The maximum absolute atomic E-state index is 12.9. The summed E-state index contributed by atoms with van der Waals surface area (Å²) in [5.41, 5.74) is 1.31. The maximum Gasteiger partial charge on any atom is 0.254 e. The molecule has 3 aromatic rings. The topological polar surface area (TPSA) is 87.5 Å². The van der Waals surface area contributed by atoms with Gasteiger partial charge in [0.1, 0.15) is 5.75 Å². The van der Waals surface area contributed by atoms with Crippen molar-refractivity contribution >= 4 is 23.2 Å². The van der Waals surface area contributed by atoms with Gasteiger partial charge in [0.15, 0.2) is 0 Å². The van der Waals surface area contributed by atoms with Crippen LogP contribution in [-0.2, 0) is 17.9 Å². The largest absolute Gasteiger partial charge is 0.508 e. The SMILES string of the molecule is O=C(CC1CN(C(=O)c2cccc(O)c2)Cc2ccnn21)NCc1cccs1. The van der Waals surface area contributed by atoms with E-state index in [4.69, 9.17) is 0 Å². The van der Waals surface area contributed by atoms with Crippen molar-refractivity contribution < 1.29 is 14.7 Å². The first kappa shape index (κ1) is 18.2. The smallest absolute Gasteiger partial charge is 0.254 e. The van der Waals surface area contributed by atoms with Crippen molar-refractivity contribution in [3.8, 4) is 5.75 Å². The Bertz CT molecular complexity index is 983. The number of carbonyl (C=O) groups is 2. The summed E-state index contributed by atoms with van der Waals surface area (Å²) in [6.45, 7) is 1.30. The fraction of sp³-hybridized carbons (Fsp3) is 0.250. The van der Waals surface area contributed by atoms with Gasteiger partial charge in [-0.2, -0.15) is 5.10 Å². The molecular formula is C20H20N4O3S. The van der Waals surface area contributed by atoms with E-state index >= 15 is 0 Å². The van der Waals surface area contributed by atoms with Gasteiger partial charge >= 0.3 is 0 Å². The van der Waals surface area contributed by atoms with E-state index in [2.05, 4.69) is 10.4 Å². The van der Waals surface area contributed by atoms with Gasteiger partial charge in [-0.15, -0.1) is 11.3 Å². The number of nitrogens with zero attached hydrogens (tertiary/aromatic N) is 3. The van der Waals surface area contributed by atoms with Crippen molar-refractivity contribution in [3.05, 3.63) is 70.2 Å². The van der Waals surface area contributed by atoms with Gasteiger partial charge in [-0.3, -0.25) is 14.3 Å². The van der Waals surface area contributed by atoms with Crippen LogP contribution in [-0.4, -0.2) is 38.1 Å². The van der Waals surface area contributed by atoms with E-state index in [-0.39, 0.29) is 30.0 Å². The second-order valence-corrected chi connectivity index (χ2v) is 7.75. The van der Waals surface area contributed by atoms with Crippen LogP contribution in [0.25, 0.3) is 0 Å². The van der Waals surface area contributed by atoms with E-state index in [1.165, 1.54) is 12.1 Å². The number of aromatic nitrogens is 2. The molecule has 1 aromatic carbocycles. The number of rotatable bonds is 5. The molecule has 2 amide bonds. The summed E-state index contributed by atoms with van der Waals surface area (Å²) >= 11 is 1.60. The van der Waals surface area contributed by atoms with Crippen LogP contribution in [0.5, 0.6) is 5.75 Å². The summed E-state index contributed by atoms with van der Waals surface area (Å²) < 4.78 is 1.83. The van der Waals surface area contributed by atoms with Gasteiger partial charge in [-0.1, -0.05) is 12.1 Å². The third-order valence-electron chi connectivity index (χ3n) is 4.72. The molecule has 0 spiro atoms. The normalized spacial score (nSPS) is 15.9. The van der Waals surface area contributed by atoms with Gasteiger partial charge in [0.2, 0.25) is 5.91 Å². The number of thiophene rings is 1. The fourth-order valence-corrected chi connectivity index (χ4v) is 4.04. The van der Waals surface area contributed by atoms with Gasteiger partial charge < -0.3 is 15.3 Å². The lowest BCUT2D eigenvalue weighted by Gasteiger charge is -2.33. The minimum Gasteiger partial charge on any atom is -0.508 e. The summed E-state index contributed by atoms with van der Waals surface area (Å²) in [4.78, 5) is 28.1. The third kappa shape index (κ3) is 3.91. The minimum atomic E-state index is -0.233. The van der Waals surface area contributed by atoms with Gasteiger partial charge in [0.25, 0.3) is 5.91 Å². The molecule has 0 aliphatic carbocycles. The fourth-order valence-electron chi connectivity index (χ4n) is 3.40. The van der Waals surface area contributed by atoms with Gasteiger partial charge in [-0.05, 0) is 35.7 Å². The summed E-state index contributed by atoms with van der Waals surface area (Å²) in [6.07, 6.45) is 1.93. The summed E-state index contributed by atoms with van der Waals surface area (Å²) in [5, 5.41) is 18.9. The summed E-state index contributed by atoms with van der Waals surface area (Å²) in [6, 6.07) is 11.9. The zero-order valence-electron chi connectivity index (χ0n) is 15.1. The number of benzene rings is 1. The molecule has 28 heavy (non-hydrogen) atoms. The lowest BCUT2D eigenvalue weighted by Crippen LogP contribution is -2.42. The first-order chi connectivity index (χ1) is 13.6. The second kappa shape index (κ2) is 7.85. The molecule has 2 aromatic heterocycles. The molecule has 3 heterocycles. The molecule has 0 radical (unpaired) electrons.